The first-order valence-corrected chi connectivity index (χ1v) is 15.2. The quantitative estimate of drug-likeness (QED) is 0.123. The number of nitrogens with one attached hydrogen (secondary N) is 2. The lowest BCUT2D eigenvalue weighted by Gasteiger charge is -2.31. The minimum Gasteiger partial charge on any atom is -0.494 e. The maximum atomic E-state index is 14.2. The zero-order valence-electron chi connectivity index (χ0n) is 24.3. The Labute approximate surface area is 261 Å². The van der Waals surface area contributed by atoms with E-state index in [0.29, 0.717) is 31.1 Å². The number of benzene rings is 4. The average molecular weight is 643 g/mol. The molecule has 0 radical (unpaired) electrons. The summed E-state index contributed by atoms with van der Waals surface area (Å²) >= 11 is 3.52. The Kier molecular flexibility index (Phi) is 9.92. The van der Waals surface area contributed by atoms with Crippen LogP contribution in [0, 0.1) is 0 Å². The fraction of sp³-hybridized carbons (Fsp3) is 0.257. The second-order valence-electron chi connectivity index (χ2n) is 10.8. The van der Waals surface area contributed by atoms with Gasteiger partial charge in [-0.15, -0.1) is 0 Å². The van der Waals surface area contributed by atoms with Crippen molar-refractivity contribution >= 4 is 27.7 Å². The molecule has 0 aliphatic carbocycles. The van der Waals surface area contributed by atoms with E-state index in [4.69, 9.17) is 19.6 Å². The van der Waals surface area contributed by atoms with E-state index in [0.717, 1.165) is 32.3 Å². The van der Waals surface area contributed by atoms with Crippen molar-refractivity contribution < 1.29 is 19.4 Å². The van der Waals surface area contributed by atoms with Crippen LogP contribution in [0.5, 0.6) is 5.75 Å². The highest BCUT2D eigenvalue weighted by Gasteiger charge is 2.53. The van der Waals surface area contributed by atoms with Crippen LogP contribution in [-0.4, -0.2) is 41.7 Å². The molecule has 0 fully saturated rings. The van der Waals surface area contributed by atoms with Gasteiger partial charge in [0.2, 0.25) is 5.90 Å². The normalized spacial score (nSPS) is 17.8. The summed E-state index contributed by atoms with van der Waals surface area (Å²) in [7, 11) is 0. The maximum Gasteiger partial charge on any atom is 0.266 e. The molecule has 1 heterocycles. The fourth-order valence-corrected chi connectivity index (χ4v) is 5.26. The number of nitrogens with zero attached hydrogens (tertiary/aromatic N) is 1. The van der Waals surface area contributed by atoms with Gasteiger partial charge in [0.25, 0.3) is 5.91 Å². The van der Waals surface area contributed by atoms with Crippen LogP contribution in [0.2, 0.25) is 0 Å². The van der Waals surface area contributed by atoms with Gasteiger partial charge in [0.15, 0.2) is 11.6 Å². The van der Waals surface area contributed by atoms with Crippen molar-refractivity contribution in [2.75, 3.05) is 13.2 Å². The molecule has 0 aromatic heterocycles. The summed E-state index contributed by atoms with van der Waals surface area (Å²) in [5.41, 5.74) is 9.41. The van der Waals surface area contributed by atoms with Gasteiger partial charge in [0, 0.05) is 35.5 Å². The molecule has 3 N–H and O–H groups in total. The zero-order valence-corrected chi connectivity index (χ0v) is 25.9. The Bertz CT molecular complexity index is 1520. The number of amides is 1. The molecule has 4 aromatic carbocycles. The highest BCUT2D eigenvalue weighted by atomic mass is 79.9. The highest BCUT2D eigenvalue weighted by Crippen LogP contribution is 2.43. The first kappa shape index (κ1) is 30.5. The number of carbonyl (C=O) groups is 1. The zero-order chi connectivity index (χ0) is 30.2. The molecule has 0 saturated heterocycles. The number of hydrogen-bond donors (Lipinski definition) is 3. The van der Waals surface area contributed by atoms with Crippen molar-refractivity contribution in [3.05, 3.63) is 124 Å². The summed E-state index contributed by atoms with van der Waals surface area (Å²) < 4.78 is 13.3. The minimum atomic E-state index is -1.30. The highest BCUT2D eigenvalue weighted by molar-refractivity contribution is 9.10. The van der Waals surface area contributed by atoms with E-state index in [2.05, 4.69) is 51.0 Å². The summed E-state index contributed by atoms with van der Waals surface area (Å²) in [6.45, 7) is 4.43. The van der Waals surface area contributed by atoms with Crippen molar-refractivity contribution in [3.63, 3.8) is 0 Å². The molecular formula is C35H36BrN3O4. The molecule has 0 bridgehead atoms. The van der Waals surface area contributed by atoms with Gasteiger partial charge in [-0.25, -0.2) is 10.4 Å². The lowest BCUT2D eigenvalue weighted by atomic mass is 9.82. The number of hydrogen-bond acceptors (Lipinski definition) is 6. The van der Waals surface area contributed by atoms with Gasteiger partial charge < -0.3 is 14.6 Å². The van der Waals surface area contributed by atoms with E-state index >= 15 is 0 Å². The van der Waals surface area contributed by atoms with E-state index in [9.17, 15) is 4.79 Å². The van der Waals surface area contributed by atoms with Crippen LogP contribution in [0.25, 0.3) is 11.1 Å². The number of ether oxygens (including phenoxy) is 2. The molecule has 8 heteroatoms. The summed E-state index contributed by atoms with van der Waals surface area (Å²) in [6.07, 6.45) is 0.189. The third-order valence-corrected chi connectivity index (χ3v) is 7.74. The Hall–Kier alpha value is -3.98. The molecule has 4 aromatic rings. The lowest BCUT2D eigenvalue weighted by molar-refractivity contribution is -0.130. The summed E-state index contributed by atoms with van der Waals surface area (Å²) in [5, 5.41) is 9.05. The second-order valence-corrected chi connectivity index (χ2v) is 11.7. The number of carbonyl (C=O) groups excluding carboxylic acids is 1. The van der Waals surface area contributed by atoms with E-state index in [1.54, 1.807) is 0 Å². The molecule has 1 aliphatic heterocycles. The monoisotopic (exact) mass is 641 g/mol. The molecule has 7 nitrogen and oxygen atoms in total. The van der Waals surface area contributed by atoms with E-state index in [-0.39, 0.29) is 18.6 Å². The Morgan fingerprint density at radius 3 is 2.23 bits per heavy atom. The van der Waals surface area contributed by atoms with Crippen molar-refractivity contribution in [2.24, 2.45) is 4.99 Å². The average Bonchev–Trinajstić information content (AvgIpc) is 3.42. The first-order valence-electron chi connectivity index (χ1n) is 14.4. The third-order valence-electron chi connectivity index (χ3n) is 7.21. The molecule has 0 unspecified atom stereocenters. The molecule has 1 aliphatic rings. The molecule has 1 amide bonds. The van der Waals surface area contributed by atoms with Crippen LogP contribution in [0.15, 0.2) is 113 Å². The maximum absolute atomic E-state index is 14.2. The van der Waals surface area contributed by atoms with Gasteiger partial charge in [-0.1, -0.05) is 82.7 Å². The molecule has 222 valence electrons. The van der Waals surface area contributed by atoms with Gasteiger partial charge in [0.05, 0.1) is 6.61 Å². The second kappa shape index (κ2) is 14.0. The Morgan fingerprint density at radius 2 is 1.58 bits per heavy atom. The van der Waals surface area contributed by atoms with Crippen LogP contribution < -0.4 is 15.6 Å². The van der Waals surface area contributed by atoms with Crippen LogP contribution in [0.4, 0.5) is 0 Å². The first-order chi connectivity index (χ1) is 20.9. The lowest BCUT2D eigenvalue weighted by Crippen LogP contribution is -2.55. The van der Waals surface area contributed by atoms with Crippen molar-refractivity contribution in [3.8, 4) is 16.9 Å². The van der Waals surface area contributed by atoms with Crippen LogP contribution in [0.3, 0.4) is 0 Å². The summed E-state index contributed by atoms with van der Waals surface area (Å²) in [6, 6.07) is 33.7. The number of aliphatic hydroxyl groups excluding tert-OH is 1. The summed E-state index contributed by atoms with van der Waals surface area (Å²) in [4.78, 5) is 19.3. The van der Waals surface area contributed by atoms with Crippen molar-refractivity contribution in [1.29, 1.82) is 0 Å². The van der Waals surface area contributed by atoms with Crippen molar-refractivity contribution in [2.45, 2.75) is 44.4 Å². The molecular weight excluding hydrogens is 606 g/mol. The number of aliphatic imine (C=N–C) groups is 1. The van der Waals surface area contributed by atoms with Gasteiger partial charge in [-0.05, 0) is 72.5 Å². The topological polar surface area (TPSA) is 92.2 Å². The van der Waals surface area contributed by atoms with Gasteiger partial charge >= 0.3 is 0 Å². The number of rotatable bonds is 12. The van der Waals surface area contributed by atoms with Gasteiger partial charge in [-0.2, -0.15) is 0 Å². The van der Waals surface area contributed by atoms with Gasteiger partial charge in [0.1, 0.15) is 5.75 Å². The molecule has 2 atom stereocenters. The Balaban J connectivity index is 1.55. The molecule has 0 spiro atoms. The van der Waals surface area contributed by atoms with Crippen molar-refractivity contribution in [1.82, 2.24) is 10.9 Å². The van der Waals surface area contributed by atoms with Crippen LogP contribution in [-0.2, 0) is 16.0 Å². The van der Waals surface area contributed by atoms with Crippen LogP contribution in [0.1, 0.15) is 43.1 Å². The summed E-state index contributed by atoms with van der Waals surface area (Å²) in [5.74, 6) is 0.792. The standard InChI is InChI=1S/C35H36BrN3O4/c1-24(2)38-39-34(41)35(23-25-9-17-30(36)18-10-25)32(28-13-11-27(12-14-28)26-7-4-3-5-8-26)43-33(37-35)29-15-19-31(20-16-29)42-22-6-21-40/h3-5,7-20,24,32,38,40H,6,21-23H2,1-2H3,(H,39,41)/t32-,35-/m0/s1. The van der Waals surface area contributed by atoms with Crippen LogP contribution >= 0.6 is 15.9 Å². The largest absolute Gasteiger partial charge is 0.494 e. The SMILES string of the molecule is CC(C)NNC(=O)[C@@]1(Cc2ccc(Br)cc2)N=C(c2ccc(OCCCO)cc2)O[C@H]1c1ccc(-c2ccccc2)cc1. The number of halogens is 1. The fourth-order valence-electron chi connectivity index (χ4n) is 4.99. The minimum absolute atomic E-state index is 0.0291. The van der Waals surface area contributed by atoms with E-state index < -0.39 is 11.6 Å². The molecule has 0 saturated carbocycles. The van der Waals surface area contributed by atoms with Gasteiger partial charge in [-0.3, -0.25) is 10.2 Å². The predicted molar refractivity (Wildman–Crippen MR) is 173 cm³/mol. The number of aliphatic hydroxyl groups is 1. The molecule has 5 rings (SSSR count). The number of hydrazine groups is 1. The molecule has 43 heavy (non-hydrogen) atoms. The predicted octanol–water partition coefficient (Wildman–Crippen LogP) is 6.41. The van der Waals surface area contributed by atoms with E-state index in [1.165, 1.54) is 0 Å². The third kappa shape index (κ3) is 7.33. The van der Waals surface area contributed by atoms with E-state index in [1.807, 2.05) is 92.7 Å². The Morgan fingerprint density at radius 1 is 0.930 bits per heavy atom. The smallest absolute Gasteiger partial charge is 0.266 e.